The van der Waals surface area contributed by atoms with E-state index in [1.54, 1.807) is 4.90 Å². The van der Waals surface area contributed by atoms with Crippen molar-refractivity contribution in [2.75, 3.05) is 24.2 Å². The molecule has 0 aromatic heterocycles. The third-order valence-corrected chi connectivity index (χ3v) is 3.46. The lowest BCUT2D eigenvalue weighted by Crippen LogP contribution is -2.42. The fourth-order valence-electron chi connectivity index (χ4n) is 2.48. The molecule has 7 heteroatoms. The Balaban J connectivity index is 2.44. The monoisotopic (exact) mass is 281 g/mol. The van der Waals surface area contributed by atoms with Gasteiger partial charge in [-0.3, -0.25) is 4.79 Å². The first-order valence-electron chi connectivity index (χ1n) is 6.26. The second kappa shape index (κ2) is 5.36. The van der Waals surface area contributed by atoms with Gasteiger partial charge in [-0.25, -0.2) is 9.18 Å². The molecule has 1 saturated heterocycles. The highest BCUT2D eigenvalue weighted by atomic mass is 19.1. The quantitative estimate of drug-likeness (QED) is 0.713. The van der Waals surface area contributed by atoms with Gasteiger partial charge >= 0.3 is 5.97 Å². The van der Waals surface area contributed by atoms with Crippen molar-refractivity contribution in [2.45, 2.75) is 18.9 Å². The van der Waals surface area contributed by atoms with E-state index in [1.165, 1.54) is 13.1 Å². The maximum Gasteiger partial charge on any atom is 0.337 e. The molecule has 0 spiro atoms. The number of nitrogens with two attached hydrogens (primary N) is 1. The molecule has 20 heavy (non-hydrogen) atoms. The van der Waals surface area contributed by atoms with Gasteiger partial charge in [0.25, 0.3) is 0 Å². The summed E-state index contributed by atoms with van der Waals surface area (Å²) in [7, 11) is 1.51. The van der Waals surface area contributed by atoms with Crippen molar-refractivity contribution in [1.82, 2.24) is 5.32 Å². The average Bonchev–Trinajstić information content (AvgIpc) is 2.86. The molecule has 0 aliphatic carbocycles. The van der Waals surface area contributed by atoms with Gasteiger partial charge in [-0.2, -0.15) is 0 Å². The number of amides is 1. The Morgan fingerprint density at radius 1 is 1.50 bits per heavy atom. The van der Waals surface area contributed by atoms with Crippen molar-refractivity contribution in [1.29, 1.82) is 0 Å². The number of carboxylic acids is 1. The van der Waals surface area contributed by atoms with E-state index in [0.717, 1.165) is 12.5 Å². The Bertz CT molecular complexity index is 562. The lowest BCUT2D eigenvalue weighted by Gasteiger charge is -2.26. The normalized spacial score (nSPS) is 18.1. The van der Waals surface area contributed by atoms with E-state index in [2.05, 4.69) is 5.32 Å². The Morgan fingerprint density at radius 3 is 2.80 bits per heavy atom. The Morgan fingerprint density at radius 2 is 2.20 bits per heavy atom. The first kappa shape index (κ1) is 14.1. The van der Waals surface area contributed by atoms with Crippen molar-refractivity contribution in [3.63, 3.8) is 0 Å². The molecule has 0 bridgehead atoms. The zero-order chi connectivity index (χ0) is 14.9. The number of nitrogen functional groups attached to an aromatic ring is 1. The zero-order valence-electron chi connectivity index (χ0n) is 11.0. The van der Waals surface area contributed by atoms with Crippen LogP contribution in [0.1, 0.15) is 23.2 Å². The van der Waals surface area contributed by atoms with Crippen LogP contribution >= 0.6 is 0 Å². The van der Waals surface area contributed by atoms with Gasteiger partial charge in [0, 0.05) is 19.3 Å². The SMILES string of the molecule is CNC(=O)C1CCCN1c1cc(C(=O)O)c(N)cc1F. The second-order valence-electron chi connectivity index (χ2n) is 4.66. The number of aromatic carboxylic acids is 1. The van der Waals surface area contributed by atoms with E-state index >= 15 is 0 Å². The van der Waals surface area contributed by atoms with E-state index in [0.29, 0.717) is 13.0 Å². The van der Waals surface area contributed by atoms with Crippen LogP contribution in [0.5, 0.6) is 0 Å². The first-order chi connectivity index (χ1) is 9.45. The van der Waals surface area contributed by atoms with Crippen LogP contribution in [0, 0.1) is 5.82 Å². The molecule has 1 heterocycles. The van der Waals surface area contributed by atoms with Crippen molar-refractivity contribution < 1.29 is 19.1 Å². The van der Waals surface area contributed by atoms with Gasteiger partial charge in [-0.15, -0.1) is 0 Å². The average molecular weight is 281 g/mol. The number of carbonyl (C=O) groups excluding carboxylic acids is 1. The lowest BCUT2D eigenvalue weighted by atomic mass is 10.1. The largest absolute Gasteiger partial charge is 0.478 e. The van der Waals surface area contributed by atoms with E-state index in [-0.39, 0.29) is 22.8 Å². The fourth-order valence-corrected chi connectivity index (χ4v) is 2.48. The molecule has 1 atom stereocenters. The van der Waals surface area contributed by atoms with Crippen molar-refractivity contribution in [2.24, 2.45) is 0 Å². The maximum absolute atomic E-state index is 14.0. The van der Waals surface area contributed by atoms with Gasteiger partial charge in [0.1, 0.15) is 11.9 Å². The van der Waals surface area contributed by atoms with E-state index in [9.17, 15) is 14.0 Å². The Kier molecular flexibility index (Phi) is 3.78. The number of likely N-dealkylation sites (N-methyl/N-ethyl adjacent to an activating group) is 1. The van der Waals surface area contributed by atoms with Crippen LogP contribution in [0.25, 0.3) is 0 Å². The molecule has 6 nitrogen and oxygen atoms in total. The number of hydrogen-bond donors (Lipinski definition) is 3. The number of benzene rings is 1. The van der Waals surface area contributed by atoms with Gasteiger partial charge in [0.05, 0.1) is 11.3 Å². The predicted molar refractivity (Wildman–Crippen MR) is 72.2 cm³/mol. The summed E-state index contributed by atoms with van der Waals surface area (Å²) in [6, 6.07) is 1.69. The number of carbonyl (C=O) groups is 2. The molecule has 1 aliphatic rings. The van der Waals surface area contributed by atoms with Crippen LogP contribution in [0.2, 0.25) is 0 Å². The predicted octanol–water partition coefficient (Wildman–Crippen LogP) is 0.821. The van der Waals surface area contributed by atoms with Crippen LogP contribution in [-0.2, 0) is 4.79 Å². The molecule has 4 N–H and O–H groups in total. The Labute approximate surface area is 115 Å². The van der Waals surface area contributed by atoms with Crippen LogP contribution < -0.4 is 16.0 Å². The van der Waals surface area contributed by atoms with Crippen LogP contribution in [0.4, 0.5) is 15.8 Å². The molecule has 0 radical (unpaired) electrons. The number of nitrogens with one attached hydrogen (secondary N) is 1. The molecule has 1 aliphatic heterocycles. The minimum Gasteiger partial charge on any atom is -0.478 e. The Hall–Kier alpha value is -2.31. The van der Waals surface area contributed by atoms with Crippen LogP contribution in [0.15, 0.2) is 12.1 Å². The number of rotatable bonds is 3. The van der Waals surface area contributed by atoms with E-state index in [1.807, 2.05) is 0 Å². The van der Waals surface area contributed by atoms with Gasteiger partial charge in [-0.1, -0.05) is 0 Å². The highest BCUT2D eigenvalue weighted by Gasteiger charge is 2.32. The van der Waals surface area contributed by atoms with E-state index < -0.39 is 17.8 Å². The van der Waals surface area contributed by atoms with Crippen LogP contribution in [-0.4, -0.2) is 36.6 Å². The number of carboxylic acid groups (broad SMARTS) is 1. The summed E-state index contributed by atoms with van der Waals surface area (Å²) in [4.78, 5) is 24.4. The molecule has 1 amide bonds. The standard InChI is InChI=1S/C13H16FN3O3/c1-16-12(18)10-3-2-4-17(10)11-5-7(13(19)20)9(15)6-8(11)14/h5-6,10H,2-4,15H2,1H3,(H,16,18)(H,19,20). The third kappa shape index (κ3) is 2.38. The lowest BCUT2D eigenvalue weighted by molar-refractivity contribution is -0.121. The minimum absolute atomic E-state index is 0.0997. The topological polar surface area (TPSA) is 95.7 Å². The van der Waals surface area contributed by atoms with Gasteiger partial charge in [-0.05, 0) is 25.0 Å². The van der Waals surface area contributed by atoms with Gasteiger partial charge < -0.3 is 21.1 Å². The van der Waals surface area contributed by atoms with Crippen LogP contribution in [0.3, 0.4) is 0 Å². The minimum atomic E-state index is -1.22. The third-order valence-electron chi connectivity index (χ3n) is 3.46. The number of anilines is 2. The number of hydrogen-bond acceptors (Lipinski definition) is 4. The summed E-state index contributed by atoms with van der Waals surface area (Å²) in [5.41, 5.74) is 5.30. The van der Waals surface area contributed by atoms with Gasteiger partial charge in [0.2, 0.25) is 5.91 Å². The molecule has 2 rings (SSSR count). The second-order valence-corrected chi connectivity index (χ2v) is 4.66. The smallest absolute Gasteiger partial charge is 0.337 e. The van der Waals surface area contributed by atoms with Crippen molar-refractivity contribution in [3.05, 3.63) is 23.5 Å². The summed E-state index contributed by atoms with van der Waals surface area (Å²) in [6.07, 6.45) is 1.34. The molecular formula is C13H16FN3O3. The van der Waals surface area contributed by atoms with Crippen molar-refractivity contribution >= 4 is 23.3 Å². The van der Waals surface area contributed by atoms with E-state index in [4.69, 9.17) is 10.8 Å². The molecule has 1 fully saturated rings. The molecular weight excluding hydrogens is 265 g/mol. The zero-order valence-corrected chi connectivity index (χ0v) is 11.0. The summed E-state index contributed by atoms with van der Waals surface area (Å²) in [6.45, 7) is 0.498. The maximum atomic E-state index is 14.0. The molecule has 0 saturated carbocycles. The number of halogens is 1. The molecule has 1 aromatic carbocycles. The molecule has 1 unspecified atom stereocenters. The van der Waals surface area contributed by atoms with Crippen molar-refractivity contribution in [3.8, 4) is 0 Å². The molecule has 108 valence electrons. The summed E-state index contributed by atoms with van der Waals surface area (Å²) in [5.74, 6) is -2.06. The fraction of sp³-hybridized carbons (Fsp3) is 0.385. The highest BCUT2D eigenvalue weighted by Crippen LogP contribution is 2.31. The number of nitrogens with zero attached hydrogens (tertiary/aromatic N) is 1. The highest BCUT2D eigenvalue weighted by molar-refractivity contribution is 5.95. The summed E-state index contributed by atoms with van der Waals surface area (Å²) < 4.78 is 14.0. The summed E-state index contributed by atoms with van der Waals surface area (Å²) >= 11 is 0. The summed E-state index contributed by atoms with van der Waals surface area (Å²) in [5, 5.41) is 11.6. The molecule has 1 aromatic rings. The van der Waals surface area contributed by atoms with Gasteiger partial charge in [0.15, 0.2) is 0 Å². The first-order valence-corrected chi connectivity index (χ1v) is 6.26.